The van der Waals surface area contributed by atoms with Gasteiger partial charge in [-0.1, -0.05) is 173 Å². The average molecular weight is 1330 g/mol. The Morgan fingerprint density at radius 2 is 0.800 bits per heavy atom. The number of methoxy groups -OCH3 is 1. The number of hydrogen-bond donors (Lipinski definition) is 0. The second-order valence-electron chi connectivity index (χ2n) is 26.8. The molecule has 0 radical (unpaired) electrons. The third-order valence-electron chi connectivity index (χ3n) is 13.2. The van der Waals surface area contributed by atoms with Crippen LogP contribution in [0.1, 0.15) is 286 Å². The molecule has 0 spiro atoms. The van der Waals surface area contributed by atoms with E-state index in [2.05, 4.69) is 182 Å². The van der Waals surface area contributed by atoms with Crippen molar-refractivity contribution in [2.24, 2.45) is 0 Å². The predicted octanol–water partition coefficient (Wildman–Crippen LogP) is 24.1. The minimum Gasteiger partial charge on any atom is -0.382 e. The Hall–Kier alpha value is -4.04. The van der Waals surface area contributed by atoms with Crippen LogP contribution in [-0.2, 0) is 54.0 Å². The van der Waals surface area contributed by atoms with E-state index in [4.69, 9.17) is 47.4 Å². The second-order valence-corrected chi connectivity index (χ2v) is 26.8. The van der Waals surface area contributed by atoms with Gasteiger partial charge in [0.15, 0.2) is 0 Å². The van der Waals surface area contributed by atoms with Crippen molar-refractivity contribution in [3.63, 3.8) is 0 Å². The highest BCUT2D eigenvalue weighted by Crippen LogP contribution is 2.27. The number of hydrogen-bond acceptors (Lipinski definition) is 10. The fraction of sp³-hybridized carbons (Fsp3) is 0.671. The molecule has 3 unspecified atom stereocenters. The van der Waals surface area contributed by atoms with Gasteiger partial charge in [0.25, 0.3) is 0 Å². The normalized spacial score (nSPS) is 14.1. The van der Waals surface area contributed by atoms with E-state index in [0.29, 0.717) is 79.4 Å². The topological polar surface area (TPSA) is 92.3 Å². The first-order valence-electron chi connectivity index (χ1n) is 36.7. The zero-order valence-corrected chi connectivity index (χ0v) is 66.4. The lowest BCUT2D eigenvalue weighted by Gasteiger charge is -2.23. The van der Waals surface area contributed by atoms with E-state index in [-0.39, 0.29) is 24.4 Å². The Bertz CT molecular complexity index is 2120. The SMILES string of the molecule is C=CC(C)OC(C)C.CC(C)OC(C)C.CC(C)OC(C)c1ccccc1.CC(C)OC(c1ccccc1)c1ccccc1.CC(C)OC1C=CCCC1.CC(C)OC1CCCCC1.CC(C)OCc1ccccc1.CCC(CC)OC(C)C.CCOC(C)C.COC(C)C. The number of allylic oxidation sites excluding steroid dienone is 1. The van der Waals surface area contributed by atoms with Gasteiger partial charge >= 0.3 is 0 Å². The van der Waals surface area contributed by atoms with Crippen molar-refractivity contribution in [1.82, 2.24) is 0 Å². The van der Waals surface area contributed by atoms with Gasteiger partial charge in [0, 0.05) is 13.7 Å². The van der Waals surface area contributed by atoms with Gasteiger partial charge in [-0.15, -0.1) is 6.58 Å². The Balaban J connectivity index is -0.000000493. The van der Waals surface area contributed by atoms with Crippen LogP contribution >= 0.6 is 0 Å². The van der Waals surface area contributed by atoms with Gasteiger partial charge in [-0.05, 0) is 240 Å². The third-order valence-corrected chi connectivity index (χ3v) is 13.2. The van der Waals surface area contributed by atoms with E-state index in [1.165, 1.54) is 73.6 Å². The molecule has 0 bridgehead atoms. The molecule has 4 aromatic carbocycles. The van der Waals surface area contributed by atoms with E-state index < -0.39 is 0 Å². The molecular formula is C85H150O10. The fourth-order valence-electron chi connectivity index (χ4n) is 8.98. The monoisotopic (exact) mass is 1330 g/mol. The van der Waals surface area contributed by atoms with Crippen LogP contribution in [0.4, 0.5) is 0 Å². The maximum atomic E-state index is 6.02. The van der Waals surface area contributed by atoms with Crippen molar-refractivity contribution in [3.05, 3.63) is 168 Å². The Kier molecular flexibility index (Phi) is 67.5. The maximum absolute atomic E-state index is 6.02. The van der Waals surface area contributed by atoms with Crippen LogP contribution in [0.15, 0.2) is 146 Å². The predicted molar refractivity (Wildman–Crippen MR) is 411 cm³/mol. The lowest BCUT2D eigenvalue weighted by atomic mass is 9.98. The van der Waals surface area contributed by atoms with Gasteiger partial charge in [0.05, 0.1) is 104 Å². The van der Waals surface area contributed by atoms with Gasteiger partial charge in [-0.25, -0.2) is 0 Å². The van der Waals surface area contributed by atoms with Gasteiger partial charge in [-0.2, -0.15) is 0 Å². The molecule has 1 fully saturated rings. The minimum absolute atomic E-state index is 0.0254. The van der Waals surface area contributed by atoms with Crippen molar-refractivity contribution >= 4 is 0 Å². The summed E-state index contributed by atoms with van der Waals surface area (Å²) >= 11 is 0. The summed E-state index contributed by atoms with van der Waals surface area (Å²) < 4.78 is 54.3. The first-order chi connectivity index (χ1) is 44.9. The van der Waals surface area contributed by atoms with Crippen LogP contribution in [0.2, 0.25) is 0 Å². The molecule has 0 aliphatic heterocycles. The largest absolute Gasteiger partial charge is 0.382 e. The van der Waals surface area contributed by atoms with Crippen molar-refractivity contribution in [3.8, 4) is 0 Å². The van der Waals surface area contributed by atoms with Gasteiger partial charge in [-0.3, -0.25) is 0 Å². The number of benzene rings is 4. The maximum Gasteiger partial charge on any atom is 0.108 e. The first-order valence-corrected chi connectivity index (χ1v) is 36.7. The van der Waals surface area contributed by atoms with Crippen LogP contribution in [0.25, 0.3) is 0 Å². The van der Waals surface area contributed by atoms with E-state index in [1.54, 1.807) is 13.2 Å². The average Bonchev–Trinajstić information content (AvgIpc) is 1.03. The summed E-state index contributed by atoms with van der Waals surface area (Å²) in [4.78, 5) is 0. The van der Waals surface area contributed by atoms with Crippen LogP contribution in [0, 0.1) is 0 Å². The molecular weight excluding hydrogens is 1180 g/mol. The summed E-state index contributed by atoms with van der Waals surface area (Å²) in [5.74, 6) is 0. The summed E-state index contributed by atoms with van der Waals surface area (Å²) in [5, 5.41) is 0. The molecule has 0 amide bonds. The molecule has 95 heavy (non-hydrogen) atoms. The summed E-state index contributed by atoms with van der Waals surface area (Å²) in [6.07, 6.45) is 24.6. The van der Waals surface area contributed by atoms with Crippen LogP contribution in [-0.4, -0.2) is 105 Å². The molecule has 0 heterocycles. The molecule has 3 atom stereocenters. The van der Waals surface area contributed by atoms with Gasteiger partial charge < -0.3 is 47.4 Å². The van der Waals surface area contributed by atoms with Crippen molar-refractivity contribution in [1.29, 1.82) is 0 Å². The van der Waals surface area contributed by atoms with Crippen molar-refractivity contribution in [2.45, 2.75) is 362 Å². The van der Waals surface area contributed by atoms with Gasteiger partial charge in [0.2, 0.25) is 0 Å². The summed E-state index contributed by atoms with van der Waals surface area (Å²) in [6.45, 7) is 60.7. The Labute approximate surface area is 588 Å². The highest BCUT2D eigenvalue weighted by Gasteiger charge is 2.17. The van der Waals surface area contributed by atoms with Gasteiger partial charge in [0.1, 0.15) is 6.10 Å². The molecule has 2 aliphatic carbocycles. The standard InChI is InChI=1S/C16H18O.C11H16O.C10H14O.C9H18O.C9H16O.C8H18O.C7H14O.C6H14O.C5H12O.C4H10O/c1-13(2)17-16(14-9-5-3-6-10-14)15-11-7-4-8-12-15;1-9(2)12-10(3)11-7-5-4-6-8-11;1-9(2)11-8-10-6-4-3-5-7-10;2*1-8(2)10-9-6-4-3-5-7-9;1-5-8(6-2)9-7(3)4;1-5-7(4)8-6(2)3;1-5(2)7-6(3)4;1-4-6-5(2)3;1-4(2)5-3/h3-13,16H,1-2H3;4-10H,1-3H3;3-7,9H,8H2,1-2H3;8-9H,3-7H2,1-2H3;4,6,8-9H,3,5,7H2,1-2H3;7-8H,5-6H2,1-4H3;5-7H,1H2,2-4H3;5-6H,1-4H3;5H,4H2,1-3H3;4H,1-3H3. The molecule has 1 saturated carbocycles. The molecule has 4 aromatic rings. The van der Waals surface area contributed by atoms with Crippen LogP contribution in [0.3, 0.4) is 0 Å². The van der Waals surface area contributed by atoms with E-state index in [0.717, 1.165) is 26.1 Å². The van der Waals surface area contributed by atoms with Crippen LogP contribution in [0.5, 0.6) is 0 Å². The molecule has 2 aliphatic rings. The number of rotatable bonds is 26. The molecule has 0 N–H and O–H groups in total. The molecule has 10 heteroatoms. The molecule has 6 rings (SSSR count). The van der Waals surface area contributed by atoms with Crippen LogP contribution < -0.4 is 0 Å². The van der Waals surface area contributed by atoms with Crippen molar-refractivity contribution in [2.75, 3.05) is 13.7 Å². The highest BCUT2D eigenvalue weighted by atomic mass is 16.5. The zero-order valence-electron chi connectivity index (χ0n) is 66.4. The number of ether oxygens (including phenoxy) is 10. The first kappa shape index (κ1) is 97.3. The van der Waals surface area contributed by atoms with E-state index in [9.17, 15) is 0 Å². The highest BCUT2D eigenvalue weighted by molar-refractivity contribution is 5.30. The third kappa shape index (κ3) is 69.7. The minimum atomic E-state index is 0.0254. The summed E-state index contributed by atoms with van der Waals surface area (Å²) in [5.41, 5.74) is 4.88. The van der Waals surface area contributed by atoms with E-state index >= 15 is 0 Å². The lowest BCUT2D eigenvalue weighted by Crippen LogP contribution is -2.20. The summed E-state index contributed by atoms with van der Waals surface area (Å²) in [6, 6.07) is 41.2. The molecule has 550 valence electrons. The Morgan fingerprint density at radius 1 is 0.400 bits per heavy atom. The van der Waals surface area contributed by atoms with Crippen molar-refractivity contribution < 1.29 is 47.4 Å². The molecule has 0 saturated heterocycles. The Morgan fingerprint density at radius 3 is 1.08 bits per heavy atom. The van der Waals surface area contributed by atoms with E-state index in [1.807, 2.05) is 145 Å². The smallest absolute Gasteiger partial charge is 0.108 e. The molecule has 0 aromatic heterocycles. The zero-order chi connectivity index (χ0) is 72.9. The summed E-state index contributed by atoms with van der Waals surface area (Å²) in [7, 11) is 1.70. The quantitative estimate of drug-likeness (QED) is 0.0566. The fourth-order valence-corrected chi connectivity index (χ4v) is 8.98. The molecule has 10 nitrogen and oxygen atoms in total. The second kappa shape index (κ2) is 65.9. The lowest BCUT2D eigenvalue weighted by molar-refractivity contribution is -0.0118.